The van der Waals surface area contributed by atoms with Gasteiger partial charge < -0.3 is 9.47 Å². The largest absolute Gasteiger partial charge is 0.478 e. The van der Waals surface area contributed by atoms with Gasteiger partial charge in [0.15, 0.2) is 0 Å². The van der Waals surface area contributed by atoms with E-state index in [-0.39, 0.29) is 5.60 Å². The predicted octanol–water partition coefficient (Wildman–Crippen LogP) is 3.30. The number of hydrogen-bond acceptors (Lipinski definition) is 6. The van der Waals surface area contributed by atoms with Gasteiger partial charge in [-0.1, -0.05) is 6.07 Å². The number of nitrogens with zero attached hydrogens (tertiary/aromatic N) is 3. The van der Waals surface area contributed by atoms with Crippen molar-refractivity contribution in [3.8, 4) is 5.88 Å². The molecule has 5 nitrogen and oxygen atoms in total. The molecule has 134 valence electrons. The third kappa shape index (κ3) is 4.02. The van der Waals surface area contributed by atoms with Gasteiger partial charge in [0.2, 0.25) is 5.88 Å². The molecule has 0 bridgehead atoms. The Balaban J connectivity index is 1.23. The molecule has 2 aliphatic rings. The Labute approximate surface area is 153 Å². The summed E-state index contributed by atoms with van der Waals surface area (Å²) in [6.07, 6.45) is 5.14. The summed E-state index contributed by atoms with van der Waals surface area (Å²) in [7, 11) is 0. The van der Waals surface area contributed by atoms with Gasteiger partial charge in [0, 0.05) is 43.4 Å². The minimum absolute atomic E-state index is 0.0759. The van der Waals surface area contributed by atoms with Gasteiger partial charge >= 0.3 is 0 Å². The lowest BCUT2D eigenvalue weighted by atomic mass is 9.79. The van der Waals surface area contributed by atoms with Crippen LogP contribution in [0.3, 0.4) is 0 Å². The van der Waals surface area contributed by atoms with E-state index in [0.717, 1.165) is 58.0 Å². The zero-order valence-electron chi connectivity index (χ0n) is 14.7. The molecule has 0 amide bonds. The molecule has 2 saturated heterocycles. The summed E-state index contributed by atoms with van der Waals surface area (Å²) >= 11 is 1.76. The fourth-order valence-electron chi connectivity index (χ4n) is 3.92. The van der Waals surface area contributed by atoms with Crippen LogP contribution in [-0.2, 0) is 11.3 Å². The summed E-state index contributed by atoms with van der Waals surface area (Å²) in [5, 5.41) is 0. The Morgan fingerprint density at radius 2 is 2.28 bits per heavy atom. The Morgan fingerprint density at radius 1 is 1.36 bits per heavy atom. The van der Waals surface area contributed by atoms with E-state index in [9.17, 15) is 0 Å². The van der Waals surface area contributed by atoms with E-state index in [1.807, 2.05) is 23.7 Å². The summed E-state index contributed by atoms with van der Waals surface area (Å²) in [6.45, 7) is 6.80. The van der Waals surface area contributed by atoms with Crippen LogP contribution in [0.5, 0.6) is 5.88 Å². The van der Waals surface area contributed by atoms with Crippen LogP contribution >= 0.6 is 11.3 Å². The van der Waals surface area contributed by atoms with E-state index in [4.69, 9.17) is 9.47 Å². The van der Waals surface area contributed by atoms with Crippen molar-refractivity contribution in [3.05, 3.63) is 40.5 Å². The summed E-state index contributed by atoms with van der Waals surface area (Å²) in [5.74, 6) is 1.41. The van der Waals surface area contributed by atoms with Crippen LogP contribution in [0.4, 0.5) is 0 Å². The van der Waals surface area contributed by atoms with Gasteiger partial charge in [-0.05, 0) is 38.2 Å². The number of aromatic nitrogens is 2. The topological polar surface area (TPSA) is 47.5 Å². The summed E-state index contributed by atoms with van der Waals surface area (Å²) in [4.78, 5) is 12.4. The van der Waals surface area contributed by atoms with Gasteiger partial charge in [0.1, 0.15) is 0 Å². The van der Waals surface area contributed by atoms with E-state index in [0.29, 0.717) is 5.92 Å². The number of hydrogen-bond donors (Lipinski definition) is 0. The van der Waals surface area contributed by atoms with E-state index in [1.54, 1.807) is 17.5 Å². The molecule has 2 aromatic heterocycles. The monoisotopic (exact) mass is 359 g/mol. The van der Waals surface area contributed by atoms with Crippen LogP contribution in [-0.4, -0.2) is 46.8 Å². The lowest BCUT2D eigenvalue weighted by Crippen LogP contribution is -2.64. The molecule has 0 aliphatic carbocycles. The normalized spacial score (nSPS) is 22.7. The zero-order chi connectivity index (χ0) is 17.1. The molecule has 4 heterocycles. The number of ether oxygens (including phenoxy) is 2. The molecule has 0 unspecified atom stereocenters. The first-order valence-corrected chi connectivity index (χ1v) is 9.90. The van der Waals surface area contributed by atoms with Crippen LogP contribution in [0.1, 0.15) is 29.8 Å². The molecule has 4 rings (SSSR count). The van der Waals surface area contributed by atoms with Crippen LogP contribution in [0.15, 0.2) is 29.9 Å². The van der Waals surface area contributed by atoms with Gasteiger partial charge in [0.25, 0.3) is 0 Å². The molecule has 25 heavy (non-hydrogen) atoms. The van der Waals surface area contributed by atoms with Crippen molar-refractivity contribution >= 4 is 11.3 Å². The Bertz CT molecular complexity index is 685. The Morgan fingerprint density at radius 3 is 3.04 bits per heavy atom. The Kier molecular flexibility index (Phi) is 5.01. The number of aryl methyl sites for hydroxylation is 1. The molecular formula is C19H25N3O2S. The van der Waals surface area contributed by atoms with E-state index in [1.165, 1.54) is 10.6 Å². The third-order valence-corrected chi connectivity index (χ3v) is 6.16. The van der Waals surface area contributed by atoms with Crippen LogP contribution in [0.2, 0.25) is 0 Å². The maximum absolute atomic E-state index is 6.17. The van der Waals surface area contributed by atoms with Crippen molar-refractivity contribution in [2.45, 2.75) is 38.3 Å². The molecule has 1 spiro atoms. The van der Waals surface area contributed by atoms with E-state index >= 15 is 0 Å². The first kappa shape index (κ1) is 16.9. The van der Waals surface area contributed by atoms with E-state index in [2.05, 4.69) is 21.8 Å². The van der Waals surface area contributed by atoms with Gasteiger partial charge in [-0.2, -0.15) is 0 Å². The first-order valence-electron chi connectivity index (χ1n) is 9.02. The smallest absolute Gasteiger partial charge is 0.213 e. The minimum atomic E-state index is 0.0759. The molecule has 0 radical (unpaired) electrons. The van der Waals surface area contributed by atoms with Crippen molar-refractivity contribution in [3.63, 3.8) is 0 Å². The number of pyridine rings is 1. The molecule has 2 aromatic rings. The maximum atomic E-state index is 6.17. The summed E-state index contributed by atoms with van der Waals surface area (Å²) in [5.41, 5.74) is 3.18. The predicted molar refractivity (Wildman–Crippen MR) is 97.9 cm³/mol. The molecule has 0 saturated carbocycles. The molecular weight excluding hydrogens is 334 g/mol. The van der Waals surface area contributed by atoms with Gasteiger partial charge in [-0.15, -0.1) is 11.3 Å². The SMILES string of the molecule is Cc1ncsc1CN1CC2(C[C@H](CCOc3ccccn3)CCO2)C1. The quantitative estimate of drug-likeness (QED) is 0.792. The molecule has 2 fully saturated rings. The lowest BCUT2D eigenvalue weighted by Gasteiger charge is -2.53. The highest BCUT2D eigenvalue weighted by molar-refractivity contribution is 7.09. The molecule has 6 heteroatoms. The van der Waals surface area contributed by atoms with Crippen molar-refractivity contribution in [2.75, 3.05) is 26.3 Å². The summed E-state index contributed by atoms with van der Waals surface area (Å²) in [6, 6.07) is 5.78. The molecule has 1 atom stereocenters. The highest BCUT2D eigenvalue weighted by Gasteiger charge is 2.47. The standard InChI is InChI=1S/C19H25N3O2S/c1-15-17(25-14-21-15)11-22-12-19(13-22)10-16(6-9-24-19)5-8-23-18-4-2-3-7-20-18/h2-4,7,14,16H,5-6,8-13H2,1H3/t16-/m1/s1. The number of rotatable bonds is 6. The van der Waals surface area contributed by atoms with Gasteiger partial charge in [-0.25, -0.2) is 9.97 Å². The fourth-order valence-corrected chi connectivity index (χ4v) is 4.74. The minimum Gasteiger partial charge on any atom is -0.478 e. The lowest BCUT2D eigenvalue weighted by molar-refractivity contribution is -0.181. The molecule has 0 N–H and O–H groups in total. The van der Waals surface area contributed by atoms with Crippen LogP contribution in [0, 0.1) is 12.8 Å². The van der Waals surface area contributed by atoms with Crippen LogP contribution < -0.4 is 4.74 Å². The fraction of sp³-hybridized carbons (Fsp3) is 0.579. The highest BCUT2D eigenvalue weighted by atomic mass is 32.1. The number of thiazole rings is 1. The summed E-state index contributed by atoms with van der Waals surface area (Å²) < 4.78 is 11.9. The average Bonchev–Trinajstić information content (AvgIpc) is 3.00. The van der Waals surface area contributed by atoms with Crippen LogP contribution in [0.25, 0.3) is 0 Å². The van der Waals surface area contributed by atoms with Gasteiger partial charge in [-0.3, -0.25) is 4.90 Å². The molecule has 0 aromatic carbocycles. The van der Waals surface area contributed by atoms with Crippen molar-refractivity contribution in [2.24, 2.45) is 5.92 Å². The average molecular weight is 359 g/mol. The molecule has 2 aliphatic heterocycles. The third-order valence-electron chi connectivity index (χ3n) is 5.24. The number of likely N-dealkylation sites (tertiary alicyclic amines) is 1. The van der Waals surface area contributed by atoms with E-state index < -0.39 is 0 Å². The zero-order valence-corrected chi connectivity index (χ0v) is 15.5. The second kappa shape index (κ2) is 7.40. The van der Waals surface area contributed by atoms with Crippen molar-refractivity contribution in [1.82, 2.24) is 14.9 Å². The second-order valence-electron chi connectivity index (χ2n) is 7.20. The maximum Gasteiger partial charge on any atom is 0.213 e. The highest BCUT2D eigenvalue weighted by Crippen LogP contribution is 2.39. The first-order chi connectivity index (χ1) is 12.2. The van der Waals surface area contributed by atoms with Crippen molar-refractivity contribution in [1.29, 1.82) is 0 Å². The van der Waals surface area contributed by atoms with Gasteiger partial charge in [0.05, 0.1) is 23.4 Å². The Hall–Kier alpha value is -1.50. The van der Waals surface area contributed by atoms with Crippen molar-refractivity contribution < 1.29 is 9.47 Å². The second-order valence-corrected chi connectivity index (χ2v) is 8.14.